The molecule has 1 aromatic rings. The molecule has 2 aliphatic rings. The van der Waals surface area contributed by atoms with Crippen molar-refractivity contribution in [3.05, 3.63) is 25.3 Å². The van der Waals surface area contributed by atoms with Crippen LogP contribution < -0.4 is 5.32 Å². The summed E-state index contributed by atoms with van der Waals surface area (Å²) in [5.74, 6) is 0.773. The van der Waals surface area contributed by atoms with E-state index in [9.17, 15) is 0 Å². The minimum absolute atomic E-state index is 0.773. The third-order valence-electron chi connectivity index (χ3n) is 4.29. The predicted molar refractivity (Wildman–Crippen MR) is 92.6 cm³/mol. The molecule has 0 bridgehead atoms. The maximum Gasteiger partial charge on any atom is 0.108 e. The Morgan fingerprint density at radius 3 is 2.65 bits per heavy atom. The van der Waals surface area contributed by atoms with Gasteiger partial charge < -0.3 is 5.32 Å². The summed E-state index contributed by atoms with van der Waals surface area (Å²) >= 11 is 11.3. The second-order valence-electron chi connectivity index (χ2n) is 5.98. The molecular formula is C16H21BrClNS. The van der Waals surface area contributed by atoms with Gasteiger partial charge in [0.15, 0.2) is 0 Å². The molecule has 0 saturated heterocycles. The number of hydrogen-bond donors (Lipinski definition) is 1. The minimum atomic E-state index is 0.773. The highest BCUT2D eigenvalue weighted by molar-refractivity contribution is 9.10. The average molecular weight is 375 g/mol. The first-order valence-electron chi connectivity index (χ1n) is 7.61. The lowest BCUT2D eigenvalue weighted by Crippen LogP contribution is -2.23. The molecule has 0 unspecified atom stereocenters. The van der Waals surface area contributed by atoms with Gasteiger partial charge in [-0.3, -0.25) is 0 Å². The zero-order valence-electron chi connectivity index (χ0n) is 11.6. The minimum Gasteiger partial charge on any atom is -0.310 e. The van der Waals surface area contributed by atoms with Gasteiger partial charge in [0.25, 0.3) is 0 Å². The summed E-state index contributed by atoms with van der Waals surface area (Å²) in [4.78, 5) is 1.28. The van der Waals surface area contributed by atoms with Crippen LogP contribution in [0.1, 0.15) is 49.8 Å². The summed E-state index contributed by atoms with van der Waals surface area (Å²) in [6, 6.07) is 2.92. The van der Waals surface area contributed by atoms with Crippen molar-refractivity contribution in [3.63, 3.8) is 0 Å². The first-order chi connectivity index (χ1) is 9.72. The summed E-state index contributed by atoms with van der Waals surface area (Å²) in [7, 11) is 0. The van der Waals surface area contributed by atoms with Crippen molar-refractivity contribution in [2.45, 2.75) is 51.0 Å². The summed E-state index contributed by atoms with van der Waals surface area (Å²) in [5, 5.41) is 3.69. The van der Waals surface area contributed by atoms with E-state index in [-0.39, 0.29) is 0 Å². The number of thiophene rings is 1. The molecule has 2 aliphatic carbocycles. The first-order valence-corrected chi connectivity index (χ1v) is 9.60. The highest BCUT2D eigenvalue weighted by Gasteiger charge is 2.23. The fraction of sp³-hybridized carbons (Fsp3) is 0.625. The molecule has 0 aliphatic heterocycles. The molecule has 0 spiro atoms. The molecule has 0 amide bonds. The second-order valence-corrected chi connectivity index (χ2v) is 8.52. The fourth-order valence-electron chi connectivity index (χ4n) is 2.95. The van der Waals surface area contributed by atoms with Crippen LogP contribution in [0.2, 0.25) is 4.34 Å². The second kappa shape index (κ2) is 6.95. The molecule has 2 saturated carbocycles. The summed E-state index contributed by atoms with van der Waals surface area (Å²) < 4.78 is 1.88. The molecule has 110 valence electrons. The van der Waals surface area contributed by atoms with Crippen LogP contribution in [0, 0.1) is 5.92 Å². The predicted octanol–water partition coefficient (Wildman–Crippen LogP) is 5.88. The highest BCUT2D eigenvalue weighted by Crippen LogP contribution is 2.36. The molecule has 1 nitrogen and oxygen atoms in total. The summed E-state index contributed by atoms with van der Waals surface area (Å²) in [5.41, 5.74) is 1.59. The van der Waals surface area contributed by atoms with Gasteiger partial charge in [-0.25, -0.2) is 0 Å². The van der Waals surface area contributed by atoms with Gasteiger partial charge in [0.2, 0.25) is 0 Å². The third-order valence-corrected chi connectivity index (χ3v) is 6.72. The fourth-order valence-corrected chi connectivity index (χ4v) is 4.67. The van der Waals surface area contributed by atoms with Crippen LogP contribution in [0.5, 0.6) is 0 Å². The molecular weight excluding hydrogens is 354 g/mol. The van der Waals surface area contributed by atoms with Gasteiger partial charge in [0.05, 0.1) is 0 Å². The van der Waals surface area contributed by atoms with Gasteiger partial charge in [0.1, 0.15) is 4.34 Å². The third kappa shape index (κ3) is 4.09. The number of rotatable bonds is 5. The van der Waals surface area contributed by atoms with Crippen molar-refractivity contribution in [1.29, 1.82) is 0 Å². The Morgan fingerprint density at radius 1 is 1.30 bits per heavy atom. The van der Waals surface area contributed by atoms with E-state index in [1.54, 1.807) is 16.9 Å². The van der Waals surface area contributed by atoms with Crippen LogP contribution in [0.25, 0.3) is 6.08 Å². The Kier molecular flexibility index (Phi) is 5.24. The van der Waals surface area contributed by atoms with Gasteiger partial charge in [-0.15, -0.1) is 11.3 Å². The van der Waals surface area contributed by atoms with Gasteiger partial charge in [-0.05, 0) is 59.7 Å². The Hall–Kier alpha value is 0.170. The number of nitrogens with one attached hydrogen (secondary N) is 1. The Morgan fingerprint density at radius 2 is 2.05 bits per heavy atom. The van der Waals surface area contributed by atoms with Crippen LogP contribution in [0.4, 0.5) is 0 Å². The smallest absolute Gasteiger partial charge is 0.108 e. The summed E-state index contributed by atoms with van der Waals surface area (Å²) in [6.07, 6.45) is 12.0. The van der Waals surface area contributed by atoms with Gasteiger partial charge >= 0.3 is 0 Å². The normalized spacial score (nSPS) is 21.4. The van der Waals surface area contributed by atoms with E-state index in [4.69, 9.17) is 11.6 Å². The van der Waals surface area contributed by atoms with Crippen LogP contribution in [0.3, 0.4) is 0 Å². The monoisotopic (exact) mass is 373 g/mol. The van der Waals surface area contributed by atoms with Gasteiger partial charge in [0, 0.05) is 21.9 Å². The molecule has 0 radical (unpaired) electrons. The molecule has 1 aromatic heterocycles. The van der Waals surface area contributed by atoms with Crippen LogP contribution in [-0.2, 0) is 0 Å². The van der Waals surface area contributed by atoms with E-state index in [1.807, 2.05) is 0 Å². The van der Waals surface area contributed by atoms with E-state index in [2.05, 4.69) is 33.4 Å². The molecule has 1 heterocycles. The molecule has 0 atom stereocenters. The van der Waals surface area contributed by atoms with Crippen molar-refractivity contribution < 1.29 is 0 Å². The van der Waals surface area contributed by atoms with E-state index >= 15 is 0 Å². The van der Waals surface area contributed by atoms with Crippen molar-refractivity contribution in [2.24, 2.45) is 5.92 Å². The van der Waals surface area contributed by atoms with E-state index in [1.165, 1.54) is 49.8 Å². The largest absolute Gasteiger partial charge is 0.310 e. The molecule has 3 rings (SSSR count). The SMILES string of the molecule is Clc1sc(/C=C(/CNC2CC2)C2CCCCC2)cc1Br. The van der Waals surface area contributed by atoms with Crippen molar-refractivity contribution in [1.82, 2.24) is 5.32 Å². The Balaban J connectivity index is 1.74. The molecule has 1 N–H and O–H groups in total. The lowest BCUT2D eigenvalue weighted by atomic mass is 9.83. The summed E-state index contributed by atoms with van der Waals surface area (Å²) in [6.45, 7) is 1.06. The maximum absolute atomic E-state index is 6.16. The number of hydrogen-bond acceptors (Lipinski definition) is 2. The molecule has 2 fully saturated rings. The van der Waals surface area contributed by atoms with E-state index in [0.717, 1.165) is 27.3 Å². The lowest BCUT2D eigenvalue weighted by molar-refractivity contribution is 0.396. The molecule has 20 heavy (non-hydrogen) atoms. The Bertz CT molecular complexity index is 467. The van der Waals surface area contributed by atoms with E-state index < -0.39 is 0 Å². The zero-order chi connectivity index (χ0) is 13.9. The quantitative estimate of drug-likeness (QED) is 0.678. The Labute approximate surface area is 138 Å². The van der Waals surface area contributed by atoms with Crippen LogP contribution in [0.15, 0.2) is 16.1 Å². The van der Waals surface area contributed by atoms with Crippen molar-refractivity contribution in [2.75, 3.05) is 6.54 Å². The first kappa shape index (κ1) is 15.1. The molecule has 4 heteroatoms. The van der Waals surface area contributed by atoms with Crippen molar-refractivity contribution >= 4 is 44.9 Å². The highest BCUT2D eigenvalue weighted by atomic mass is 79.9. The van der Waals surface area contributed by atoms with Crippen LogP contribution >= 0.6 is 38.9 Å². The number of halogens is 2. The zero-order valence-corrected chi connectivity index (χ0v) is 14.8. The van der Waals surface area contributed by atoms with Crippen molar-refractivity contribution in [3.8, 4) is 0 Å². The molecule has 0 aromatic carbocycles. The lowest BCUT2D eigenvalue weighted by Gasteiger charge is -2.25. The van der Waals surface area contributed by atoms with Gasteiger partial charge in [-0.2, -0.15) is 0 Å². The maximum atomic E-state index is 6.16. The average Bonchev–Trinajstić information content (AvgIpc) is 3.23. The topological polar surface area (TPSA) is 12.0 Å². The van der Waals surface area contributed by atoms with Crippen LogP contribution in [-0.4, -0.2) is 12.6 Å². The van der Waals surface area contributed by atoms with E-state index in [0.29, 0.717) is 0 Å². The van der Waals surface area contributed by atoms with Gasteiger partial charge in [-0.1, -0.05) is 36.4 Å². The standard InChI is InChI=1S/C16H21BrClNS/c17-15-9-14(20-16(15)18)8-12(10-19-13-6-7-13)11-4-2-1-3-5-11/h8-9,11,13,19H,1-7,10H2/b12-8-.